The van der Waals surface area contributed by atoms with Gasteiger partial charge < -0.3 is 10.6 Å². The van der Waals surface area contributed by atoms with Gasteiger partial charge in [0, 0.05) is 24.3 Å². The van der Waals surface area contributed by atoms with Crippen LogP contribution < -0.4 is 10.6 Å². The average Bonchev–Trinajstić information content (AvgIpc) is 2.31. The summed E-state index contributed by atoms with van der Waals surface area (Å²) < 4.78 is 0. The van der Waals surface area contributed by atoms with E-state index in [1.807, 2.05) is 18.2 Å². The molecule has 0 heterocycles. The first-order valence-corrected chi connectivity index (χ1v) is 6.58. The van der Waals surface area contributed by atoms with Gasteiger partial charge in [0.15, 0.2) is 0 Å². The smallest absolute Gasteiger partial charge is 0.221 e. The third-order valence-corrected chi connectivity index (χ3v) is 3.44. The van der Waals surface area contributed by atoms with Gasteiger partial charge in [0.1, 0.15) is 0 Å². The highest BCUT2D eigenvalue weighted by molar-refractivity contribution is 5.89. The number of nitrogens with one attached hydrogen (secondary N) is 2. The Kier molecular flexibility index (Phi) is 5.20. The Morgan fingerprint density at radius 1 is 1.33 bits per heavy atom. The molecular weight excluding hydrogens is 224 g/mol. The van der Waals surface area contributed by atoms with Crippen molar-refractivity contribution in [2.45, 2.75) is 47.1 Å². The van der Waals surface area contributed by atoms with Crippen molar-refractivity contribution in [2.75, 3.05) is 10.6 Å². The van der Waals surface area contributed by atoms with Gasteiger partial charge in [0.05, 0.1) is 0 Å². The molecule has 0 aliphatic rings. The van der Waals surface area contributed by atoms with Crippen LogP contribution in [-0.2, 0) is 4.79 Å². The van der Waals surface area contributed by atoms with Crippen LogP contribution in [0.15, 0.2) is 18.2 Å². The van der Waals surface area contributed by atoms with Crippen molar-refractivity contribution in [1.82, 2.24) is 0 Å². The average molecular weight is 248 g/mol. The molecular formula is C15H24N2O. The van der Waals surface area contributed by atoms with E-state index in [9.17, 15) is 4.79 Å². The van der Waals surface area contributed by atoms with Crippen molar-refractivity contribution >= 4 is 17.3 Å². The summed E-state index contributed by atoms with van der Waals surface area (Å²) in [6, 6.07) is 6.36. The minimum absolute atomic E-state index is 0.0419. The van der Waals surface area contributed by atoms with E-state index in [0.717, 1.165) is 17.8 Å². The van der Waals surface area contributed by atoms with E-state index in [4.69, 9.17) is 0 Å². The molecule has 1 aromatic carbocycles. The van der Waals surface area contributed by atoms with Crippen LogP contribution in [0.25, 0.3) is 0 Å². The summed E-state index contributed by atoms with van der Waals surface area (Å²) in [5.74, 6) is 0.577. The Bertz CT molecular complexity index is 415. The Morgan fingerprint density at radius 2 is 2.00 bits per heavy atom. The molecule has 2 atom stereocenters. The second kappa shape index (κ2) is 6.43. The summed E-state index contributed by atoms with van der Waals surface area (Å²) in [6.07, 6.45) is 1.15. The lowest BCUT2D eigenvalue weighted by molar-refractivity contribution is -0.114. The fourth-order valence-corrected chi connectivity index (χ4v) is 1.80. The Balaban J connectivity index is 2.83. The molecule has 3 nitrogen and oxygen atoms in total. The van der Waals surface area contributed by atoms with Crippen molar-refractivity contribution in [3.05, 3.63) is 23.8 Å². The highest BCUT2D eigenvalue weighted by Crippen LogP contribution is 2.23. The number of amides is 1. The van der Waals surface area contributed by atoms with E-state index < -0.39 is 0 Å². The minimum Gasteiger partial charge on any atom is -0.382 e. The zero-order chi connectivity index (χ0) is 13.7. The lowest BCUT2D eigenvalue weighted by atomic mass is 10.00. The second-order valence-electron chi connectivity index (χ2n) is 5.03. The zero-order valence-corrected chi connectivity index (χ0v) is 12.0. The summed E-state index contributed by atoms with van der Waals surface area (Å²) in [5, 5.41) is 6.33. The Morgan fingerprint density at radius 3 is 2.56 bits per heavy atom. The van der Waals surface area contributed by atoms with E-state index in [-0.39, 0.29) is 5.91 Å². The quantitative estimate of drug-likeness (QED) is 0.832. The Hall–Kier alpha value is -1.51. The zero-order valence-electron chi connectivity index (χ0n) is 12.0. The molecule has 1 aromatic rings. The van der Waals surface area contributed by atoms with E-state index >= 15 is 0 Å². The Labute approximate surface area is 110 Å². The minimum atomic E-state index is -0.0419. The van der Waals surface area contributed by atoms with E-state index in [1.165, 1.54) is 12.5 Å². The van der Waals surface area contributed by atoms with E-state index in [0.29, 0.717) is 12.0 Å². The van der Waals surface area contributed by atoms with Gasteiger partial charge in [-0.05, 0) is 37.5 Å². The summed E-state index contributed by atoms with van der Waals surface area (Å²) in [4.78, 5) is 11.1. The molecule has 0 saturated carbocycles. The third-order valence-electron chi connectivity index (χ3n) is 3.44. The first-order valence-electron chi connectivity index (χ1n) is 6.58. The molecule has 0 radical (unpaired) electrons. The molecule has 1 rings (SSSR count). The third kappa shape index (κ3) is 4.06. The van der Waals surface area contributed by atoms with Gasteiger partial charge in [-0.1, -0.05) is 26.3 Å². The van der Waals surface area contributed by atoms with Gasteiger partial charge in [-0.25, -0.2) is 0 Å². The van der Waals surface area contributed by atoms with Gasteiger partial charge in [0.2, 0.25) is 5.91 Å². The fraction of sp³-hybridized carbons (Fsp3) is 0.533. The number of hydrogen-bond donors (Lipinski definition) is 2. The number of carbonyl (C=O) groups is 1. The molecule has 0 aromatic heterocycles. The first-order chi connectivity index (χ1) is 8.43. The van der Waals surface area contributed by atoms with Crippen LogP contribution in [0, 0.1) is 12.8 Å². The van der Waals surface area contributed by atoms with Crippen LogP contribution in [0.1, 0.15) is 39.7 Å². The van der Waals surface area contributed by atoms with Crippen molar-refractivity contribution in [1.29, 1.82) is 0 Å². The SMILES string of the molecule is CCC(C)C(C)Nc1cc(NC(C)=O)ccc1C. The summed E-state index contributed by atoms with van der Waals surface area (Å²) in [5.41, 5.74) is 3.13. The maximum atomic E-state index is 11.1. The molecule has 2 unspecified atom stereocenters. The molecule has 0 spiro atoms. The summed E-state index contributed by atoms with van der Waals surface area (Å²) in [7, 11) is 0. The summed E-state index contributed by atoms with van der Waals surface area (Å²) >= 11 is 0. The van der Waals surface area contributed by atoms with Crippen LogP contribution in [-0.4, -0.2) is 11.9 Å². The predicted octanol–water partition coefficient (Wildman–Crippen LogP) is 3.80. The molecule has 0 aliphatic heterocycles. The van der Waals surface area contributed by atoms with Crippen LogP contribution >= 0.6 is 0 Å². The van der Waals surface area contributed by atoms with Gasteiger partial charge in [0.25, 0.3) is 0 Å². The normalized spacial score (nSPS) is 13.8. The highest BCUT2D eigenvalue weighted by atomic mass is 16.1. The summed E-state index contributed by atoms with van der Waals surface area (Å²) in [6.45, 7) is 10.2. The maximum absolute atomic E-state index is 11.1. The molecule has 1 amide bonds. The molecule has 100 valence electrons. The van der Waals surface area contributed by atoms with Gasteiger partial charge in [-0.3, -0.25) is 4.79 Å². The number of carbonyl (C=O) groups excluding carboxylic acids is 1. The molecule has 0 fully saturated rings. The van der Waals surface area contributed by atoms with Crippen molar-refractivity contribution in [2.24, 2.45) is 5.92 Å². The van der Waals surface area contributed by atoms with Crippen LogP contribution in [0.4, 0.5) is 11.4 Å². The van der Waals surface area contributed by atoms with Crippen LogP contribution in [0.3, 0.4) is 0 Å². The highest BCUT2D eigenvalue weighted by Gasteiger charge is 2.11. The molecule has 2 N–H and O–H groups in total. The number of rotatable bonds is 5. The number of benzene rings is 1. The largest absolute Gasteiger partial charge is 0.382 e. The molecule has 3 heteroatoms. The molecule has 18 heavy (non-hydrogen) atoms. The van der Waals surface area contributed by atoms with Gasteiger partial charge in [-0.15, -0.1) is 0 Å². The fourth-order valence-electron chi connectivity index (χ4n) is 1.80. The van der Waals surface area contributed by atoms with Gasteiger partial charge in [-0.2, -0.15) is 0 Å². The topological polar surface area (TPSA) is 41.1 Å². The predicted molar refractivity (Wildman–Crippen MR) is 78.0 cm³/mol. The maximum Gasteiger partial charge on any atom is 0.221 e. The number of aryl methyl sites for hydroxylation is 1. The lowest BCUT2D eigenvalue weighted by Crippen LogP contribution is -2.23. The van der Waals surface area contributed by atoms with Crippen molar-refractivity contribution in [3.63, 3.8) is 0 Å². The van der Waals surface area contributed by atoms with Crippen LogP contribution in [0.5, 0.6) is 0 Å². The van der Waals surface area contributed by atoms with E-state index in [2.05, 4.69) is 38.3 Å². The van der Waals surface area contributed by atoms with Crippen molar-refractivity contribution < 1.29 is 4.79 Å². The van der Waals surface area contributed by atoms with E-state index in [1.54, 1.807) is 0 Å². The number of anilines is 2. The van der Waals surface area contributed by atoms with Gasteiger partial charge >= 0.3 is 0 Å². The molecule has 0 aliphatic carbocycles. The second-order valence-corrected chi connectivity index (χ2v) is 5.03. The van der Waals surface area contributed by atoms with Crippen LogP contribution in [0.2, 0.25) is 0 Å². The number of hydrogen-bond acceptors (Lipinski definition) is 2. The molecule has 0 bridgehead atoms. The standard InChI is InChI=1S/C15H24N2O/c1-6-10(2)12(4)16-15-9-14(17-13(5)18)8-7-11(15)3/h7-10,12,16H,6H2,1-5H3,(H,17,18). The van der Waals surface area contributed by atoms with Crippen molar-refractivity contribution in [3.8, 4) is 0 Å². The molecule has 0 saturated heterocycles. The monoisotopic (exact) mass is 248 g/mol. The lowest BCUT2D eigenvalue weighted by Gasteiger charge is -2.22. The first kappa shape index (κ1) is 14.6.